The van der Waals surface area contributed by atoms with Crippen molar-refractivity contribution < 1.29 is 19.7 Å². The number of ketones is 1. The van der Waals surface area contributed by atoms with Gasteiger partial charge in [-0.25, -0.2) is 0 Å². The molecule has 0 heterocycles. The van der Waals surface area contributed by atoms with E-state index in [0.29, 0.717) is 29.4 Å². The average molecular weight is 471 g/mol. The van der Waals surface area contributed by atoms with Gasteiger partial charge in [0.2, 0.25) is 0 Å². The number of ether oxygens (including phenoxy) is 1. The van der Waals surface area contributed by atoms with Crippen LogP contribution >= 0.6 is 0 Å². The van der Waals surface area contributed by atoms with E-state index in [2.05, 4.69) is 6.92 Å². The molecular formula is C30H46O4. The number of rotatable bonds is 11. The Bertz CT molecular complexity index is 804. The van der Waals surface area contributed by atoms with Gasteiger partial charge in [0, 0.05) is 12.8 Å². The molecule has 0 aromatic heterocycles. The summed E-state index contributed by atoms with van der Waals surface area (Å²) >= 11 is 0. The molecule has 2 N–H and O–H groups in total. The molecule has 1 aromatic rings. The third kappa shape index (κ3) is 6.99. The first-order valence-electron chi connectivity index (χ1n) is 14.0. The number of carbonyl (C=O) groups excluding carboxylic acids is 1. The van der Waals surface area contributed by atoms with Gasteiger partial charge in [0.1, 0.15) is 5.78 Å². The molecule has 3 saturated carbocycles. The predicted octanol–water partition coefficient (Wildman–Crippen LogP) is 7.28. The van der Waals surface area contributed by atoms with Crippen molar-refractivity contribution in [3.8, 4) is 11.5 Å². The summed E-state index contributed by atoms with van der Waals surface area (Å²) in [4.78, 5) is 12.5. The number of aryl methyl sites for hydroxylation is 1. The minimum Gasteiger partial charge on any atom is -0.504 e. The van der Waals surface area contributed by atoms with Crippen molar-refractivity contribution in [2.75, 3.05) is 0 Å². The molecule has 4 nitrogen and oxygen atoms in total. The molecule has 4 rings (SSSR count). The number of carbonyl (C=O) groups is 1. The number of aromatic hydroxyl groups is 1. The van der Waals surface area contributed by atoms with Crippen LogP contribution in [0.15, 0.2) is 18.2 Å². The van der Waals surface area contributed by atoms with Crippen LogP contribution in [0.3, 0.4) is 0 Å². The number of Topliss-reactive ketones (excluding diaryl/α,β-unsaturated/α-hetero) is 1. The quantitative estimate of drug-likeness (QED) is 0.357. The summed E-state index contributed by atoms with van der Waals surface area (Å²) in [5.41, 5.74) is 1.94. The fraction of sp³-hybridized carbons (Fsp3) is 0.767. The molecular weight excluding hydrogens is 424 g/mol. The van der Waals surface area contributed by atoms with E-state index in [0.717, 1.165) is 37.7 Å². The van der Waals surface area contributed by atoms with Gasteiger partial charge in [-0.3, -0.25) is 4.79 Å². The van der Waals surface area contributed by atoms with Crippen LogP contribution < -0.4 is 4.74 Å². The average Bonchev–Trinajstić information content (AvgIpc) is 3.43. The molecule has 2 atom stereocenters. The first-order chi connectivity index (χ1) is 16.3. The van der Waals surface area contributed by atoms with Gasteiger partial charge in [0.05, 0.1) is 12.2 Å². The summed E-state index contributed by atoms with van der Waals surface area (Å²) in [6, 6.07) is 5.49. The van der Waals surface area contributed by atoms with Crippen LogP contribution in [0.4, 0.5) is 0 Å². The summed E-state index contributed by atoms with van der Waals surface area (Å²) in [6.07, 6.45) is 19.2. The summed E-state index contributed by atoms with van der Waals surface area (Å²) in [7, 11) is 0. The molecule has 1 aromatic carbocycles. The molecule has 3 aliphatic rings. The highest BCUT2D eigenvalue weighted by atomic mass is 16.5. The number of benzene rings is 1. The third-order valence-electron chi connectivity index (χ3n) is 9.16. The number of hydrogen-bond donors (Lipinski definition) is 2. The van der Waals surface area contributed by atoms with Crippen molar-refractivity contribution >= 4 is 5.78 Å². The maximum Gasteiger partial charge on any atom is 0.161 e. The second-order valence-electron chi connectivity index (χ2n) is 12.2. The monoisotopic (exact) mass is 470 g/mol. The zero-order valence-electron chi connectivity index (χ0n) is 21.3. The Morgan fingerprint density at radius 2 is 1.79 bits per heavy atom. The Morgan fingerprint density at radius 1 is 1.09 bits per heavy atom. The van der Waals surface area contributed by atoms with Crippen molar-refractivity contribution in [3.63, 3.8) is 0 Å². The first kappa shape index (κ1) is 25.5. The van der Waals surface area contributed by atoms with Gasteiger partial charge in [-0.2, -0.15) is 0 Å². The van der Waals surface area contributed by atoms with E-state index >= 15 is 0 Å². The zero-order chi connectivity index (χ0) is 24.0. The standard InChI is InChI=1S/C30H46O4/c1-29(14-2-3-15-29)16-6-8-24(31)21-25(32)12-10-23-11-13-27(33)28(20-23)34-26-9-7-19-30(22-26)17-4-5-18-30/h11,13,20,24,26,31,33H,2-10,12,14-19,21-22H2,1H3/t24-,26+/m1/s1. The largest absolute Gasteiger partial charge is 0.504 e. The lowest BCUT2D eigenvalue weighted by molar-refractivity contribution is -0.121. The van der Waals surface area contributed by atoms with Crippen molar-refractivity contribution in [2.45, 2.75) is 135 Å². The summed E-state index contributed by atoms with van der Waals surface area (Å²) in [6.45, 7) is 2.37. The van der Waals surface area contributed by atoms with E-state index in [1.54, 1.807) is 6.07 Å². The Labute approximate surface area is 206 Å². The highest BCUT2D eigenvalue weighted by Gasteiger charge is 2.39. The number of phenolic OH excluding ortho intramolecular Hbond substituents is 1. The minimum absolute atomic E-state index is 0.116. The van der Waals surface area contributed by atoms with Crippen molar-refractivity contribution in [1.82, 2.24) is 0 Å². The van der Waals surface area contributed by atoms with Crippen LogP contribution in [0.5, 0.6) is 11.5 Å². The van der Waals surface area contributed by atoms with E-state index in [4.69, 9.17) is 4.74 Å². The predicted molar refractivity (Wildman–Crippen MR) is 136 cm³/mol. The van der Waals surface area contributed by atoms with Gasteiger partial charge >= 0.3 is 0 Å². The van der Waals surface area contributed by atoms with E-state index in [1.165, 1.54) is 64.2 Å². The van der Waals surface area contributed by atoms with Gasteiger partial charge in [0.15, 0.2) is 11.5 Å². The van der Waals surface area contributed by atoms with Gasteiger partial charge in [0.25, 0.3) is 0 Å². The number of aliphatic hydroxyl groups excluding tert-OH is 1. The highest BCUT2D eigenvalue weighted by molar-refractivity contribution is 5.79. The number of hydrogen-bond acceptors (Lipinski definition) is 4. The molecule has 0 unspecified atom stereocenters. The maximum atomic E-state index is 12.5. The van der Waals surface area contributed by atoms with Crippen LogP contribution in [0, 0.1) is 10.8 Å². The Hall–Kier alpha value is -1.55. The molecule has 0 aliphatic heterocycles. The molecule has 4 heteroatoms. The van der Waals surface area contributed by atoms with Crippen LogP contribution in [-0.2, 0) is 11.2 Å². The van der Waals surface area contributed by atoms with Gasteiger partial charge < -0.3 is 14.9 Å². The fourth-order valence-electron chi connectivity index (χ4n) is 7.05. The van der Waals surface area contributed by atoms with Crippen molar-refractivity contribution in [3.05, 3.63) is 23.8 Å². The summed E-state index contributed by atoms with van der Waals surface area (Å²) in [5.74, 6) is 0.864. The van der Waals surface area contributed by atoms with Crippen LogP contribution in [-0.4, -0.2) is 28.2 Å². The summed E-state index contributed by atoms with van der Waals surface area (Å²) < 4.78 is 6.30. The molecule has 3 fully saturated rings. The molecule has 1 spiro atoms. The van der Waals surface area contributed by atoms with Crippen molar-refractivity contribution in [1.29, 1.82) is 0 Å². The lowest BCUT2D eigenvalue weighted by Gasteiger charge is -2.38. The zero-order valence-corrected chi connectivity index (χ0v) is 21.3. The first-order valence-corrected chi connectivity index (χ1v) is 14.0. The fourth-order valence-corrected chi connectivity index (χ4v) is 7.05. The second kappa shape index (κ2) is 11.5. The topological polar surface area (TPSA) is 66.8 Å². The number of aliphatic hydroxyl groups is 1. The molecule has 3 aliphatic carbocycles. The normalized spacial score (nSPS) is 24.4. The van der Waals surface area contributed by atoms with Gasteiger partial charge in [-0.05, 0) is 99.2 Å². The van der Waals surface area contributed by atoms with E-state index in [-0.39, 0.29) is 24.1 Å². The minimum atomic E-state index is -0.523. The second-order valence-corrected chi connectivity index (χ2v) is 12.2. The molecule has 0 amide bonds. The van der Waals surface area contributed by atoms with Crippen LogP contribution in [0.2, 0.25) is 0 Å². The SMILES string of the molecule is CC1(CCC[C@@H](O)CC(=O)CCc2ccc(O)c(O[C@H]3CCCC4(CCCC4)C3)c2)CCCC1. The lowest BCUT2D eigenvalue weighted by Crippen LogP contribution is -2.32. The number of phenols is 1. The maximum absolute atomic E-state index is 12.5. The smallest absolute Gasteiger partial charge is 0.161 e. The van der Waals surface area contributed by atoms with Gasteiger partial charge in [-0.15, -0.1) is 0 Å². The Balaban J connectivity index is 1.21. The van der Waals surface area contributed by atoms with Crippen molar-refractivity contribution in [2.24, 2.45) is 10.8 Å². The van der Waals surface area contributed by atoms with E-state index in [9.17, 15) is 15.0 Å². The van der Waals surface area contributed by atoms with E-state index in [1.807, 2.05) is 12.1 Å². The third-order valence-corrected chi connectivity index (χ3v) is 9.16. The van der Waals surface area contributed by atoms with Crippen LogP contribution in [0.25, 0.3) is 0 Å². The highest BCUT2D eigenvalue weighted by Crippen LogP contribution is 2.50. The Kier molecular flexibility index (Phi) is 8.61. The Morgan fingerprint density at radius 3 is 2.56 bits per heavy atom. The molecule has 0 saturated heterocycles. The molecule has 0 bridgehead atoms. The van der Waals surface area contributed by atoms with Crippen LogP contribution in [0.1, 0.15) is 122 Å². The molecule has 0 radical (unpaired) electrons. The summed E-state index contributed by atoms with van der Waals surface area (Å²) in [5, 5.41) is 20.7. The molecule has 34 heavy (non-hydrogen) atoms. The van der Waals surface area contributed by atoms with E-state index < -0.39 is 6.10 Å². The lowest BCUT2D eigenvalue weighted by atomic mass is 9.72. The van der Waals surface area contributed by atoms with Gasteiger partial charge in [-0.1, -0.05) is 45.1 Å². The molecule has 190 valence electrons.